The molecule has 1 saturated heterocycles. The Morgan fingerprint density at radius 3 is 2.86 bits per heavy atom. The number of nitro benzene ring substituents is 1. The normalized spacial score (nSPS) is 21.7. The minimum Gasteiger partial charge on any atom is -0.481 e. The van der Waals surface area contributed by atoms with Gasteiger partial charge in [0.05, 0.1) is 29.1 Å². The fourth-order valence-electron chi connectivity index (χ4n) is 2.38. The highest BCUT2D eigenvalue weighted by atomic mass is 35.5. The van der Waals surface area contributed by atoms with Gasteiger partial charge in [-0.15, -0.1) is 0 Å². The zero-order valence-electron chi connectivity index (χ0n) is 11.4. The second-order valence-electron chi connectivity index (χ2n) is 5.00. The number of hydrogen-bond donors (Lipinski definition) is 1. The van der Waals surface area contributed by atoms with Crippen LogP contribution in [0.3, 0.4) is 0 Å². The van der Waals surface area contributed by atoms with Gasteiger partial charge in [0, 0.05) is 24.7 Å². The molecule has 1 fully saturated rings. The van der Waals surface area contributed by atoms with E-state index in [2.05, 4.69) is 0 Å². The zero-order chi connectivity index (χ0) is 15.6. The Kier molecular flexibility index (Phi) is 4.76. The van der Waals surface area contributed by atoms with Crippen molar-refractivity contribution >= 4 is 23.3 Å². The smallest absolute Gasteiger partial charge is 0.310 e. The van der Waals surface area contributed by atoms with Crippen LogP contribution in [0.15, 0.2) is 18.2 Å². The number of benzene rings is 1. The Morgan fingerprint density at radius 1 is 1.57 bits per heavy atom. The summed E-state index contributed by atoms with van der Waals surface area (Å²) < 4.78 is 5.23. The number of ether oxygens (including phenoxy) is 1. The van der Waals surface area contributed by atoms with E-state index in [0.29, 0.717) is 23.7 Å². The van der Waals surface area contributed by atoms with E-state index in [1.165, 1.54) is 12.1 Å². The van der Waals surface area contributed by atoms with Crippen LogP contribution in [0.1, 0.15) is 5.56 Å². The molecule has 1 N–H and O–H groups in total. The number of rotatable bonds is 5. The molecule has 1 aromatic carbocycles. The summed E-state index contributed by atoms with van der Waals surface area (Å²) in [7, 11) is 1.78. The van der Waals surface area contributed by atoms with Crippen molar-refractivity contribution in [2.24, 2.45) is 5.92 Å². The van der Waals surface area contributed by atoms with Gasteiger partial charge in [0.15, 0.2) is 0 Å². The van der Waals surface area contributed by atoms with Gasteiger partial charge in [0.2, 0.25) is 0 Å². The molecule has 0 amide bonds. The molecule has 2 atom stereocenters. The molecule has 0 aromatic heterocycles. The highest BCUT2D eigenvalue weighted by Gasteiger charge is 2.36. The van der Waals surface area contributed by atoms with E-state index >= 15 is 0 Å². The van der Waals surface area contributed by atoms with Crippen molar-refractivity contribution in [2.45, 2.75) is 12.6 Å². The van der Waals surface area contributed by atoms with Crippen molar-refractivity contribution in [1.29, 1.82) is 0 Å². The Bertz CT molecular complexity index is 565. The number of carboxylic acids is 1. The maximum atomic E-state index is 11.1. The van der Waals surface area contributed by atoms with Crippen molar-refractivity contribution < 1.29 is 19.6 Å². The molecular formula is C13H15ClN2O5. The summed E-state index contributed by atoms with van der Waals surface area (Å²) in [5.41, 5.74) is 0.639. The Hall–Kier alpha value is -1.70. The lowest BCUT2D eigenvalue weighted by atomic mass is 10.0. The largest absolute Gasteiger partial charge is 0.481 e. The maximum Gasteiger partial charge on any atom is 0.310 e. The summed E-state index contributed by atoms with van der Waals surface area (Å²) >= 11 is 6.04. The van der Waals surface area contributed by atoms with Crippen molar-refractivity contribution in [3.63, 3.8) is 0 Å². The molecule has 1 aliphatic rings. The van der Waals surface area contributed by atoms with Crippen LogP contribution >= 0.6 is 11.6 Å². The summed E-state index contributed by atoms with van der Waals surface area (Å²) in [5.74, 6) is -1.47. The van der Waals surface area contributed by atoms with E-state index in [-0.39, 0.29) is 18.3 Å². The molecular weight excluding hydrogens is 300 g/mol. The minimum atomic E-state index is -0.890. The molecule has 8 heteroatoms. The van der Waals surface area contributed by atoms with Gasteiger partial charge in [0.1, 0.15) is 0 Å². The van der Waals surface area contributed by atoms with Crippen LogP contribution < -0.4 is 0 Å². The van der Waals surface area contributed by atoms with Crippen LogP contribution in [0.2, 0.25) is 5.02 Å². The molecule has 0 saturated carbocycles. The molecule has 1 heterocycles. The van der Waals surface area contributed by atoms with E-state index in [1.807, 2.05) is 4.90 Å². The monoisotopic (exact) mass is 314 g/mol. The van der Waals surface area contributed by atoms with E-state index < -0.39 is 16.8 Å². The van der Waals surface area contributed by atoms with Crippen LogP contribution in [0.25, 0.3) is 0 Å². The predicted molar refractivity (Wildman–Crippen MR) is 75.3 cm³/mol. The van der Waals surface area contributed by atoms with E-state index in [4.69, 9.17) is 21.4 Å². The first-order chi connectivity index (χ1) is 9.90. The third-order valence-electron chi connectivity index (χ3n) is 3.60. The SMILES string of the molecule is CN(Cc1ccc([N+](=O)[O-])cc1Cl)C1COCC1C(=O)O. The number of carbonyl (C=O) groups is 1. The molecule has 114 valence electrons. The number of halogens is 1. The highest BCUT2D eigenvalue weighted by Crippen LogP contribution is 2.26. The minimum absolute atomic E-state index is 0.0704. The molecule has 0 radical (unpaired) electrons. The van der Waals surface area contributed by atoms with Crippen molar-refractivity contribution in [2.75, 3.05) is 20.3 Å². The number of likely N-dealkylation sites (N-methyl/N-ethyl adjacent to an activating group) is 1. The lowest BCUT2D eigenvalue weighted by Crippen LogP contribution is -2.40. The van der Waals surface area contributed by atoms with Crippen LogP contribution in [-0.2, 0) is 16.1 Å². The number of hydrogen-bond acceptors (Lipinski definition) is 5. The van der Waals surface area contributed by atoms with Crippen molar-refractivity contribution in [3.05, 3.63) is 38.9 Å². The predicted octanol–water partition coefficient (Wildman–Crippen LogP) is 1.78. The van der Waals surface area contributed by atoms with Crippen molar-refractivity contribution in [3.8, 4) is 0 Å². The van der Waals surface area contributed by atoms with E-state index in [0.717, 1.165) is 0 Å². The molecule has 2 unspecified atom stereocenters. The first-order valence-electron chi connectivity index (χ1n) is 6.33. The van der Waals surface area contributed by atoms with Crippen LogP contribution in [-0.4, -0.2) is 47.2 Å². The molecule has 0 spiro atoms. The molecule has 21 heavy (non-hydrogen) atoms. The van der Waals surface area contributed by atoms with Gasteiger partial charge >= 0.3 is 5.97 Å². The number of non-ortho nitro benzene ring substituents is 1. The quantitative estimate of drug-likeness (QED) is 0.658. The number of nitro groups is 1. The van der Waals surface area contributed by atoms with Gasteiger partial charge in [-0.1, -0.05) is 11.6 Å². The Balaban J connectivity index is 2.10. The number of nitrogens with zero attached hydrogens (tertiary/aromatic N) is 2. The molecule has 1 aliphatic heterocycles. The van der Waals surface area contributed by atoms with Gasteiger partial charge in [-0.2, -0.15) is 0 Å². The van der Waals surface area contributed by atoms with Crippen LogP contribution in [0.4, 0.5) is 5.69 Å². The summed E-state index contributed by atoms with van der Waals surface area (Å²) in [4.78, 5) is 23.2. The van der Waals surface area contributed by atoms with Gasteiger partial charge < -0.3 is 9.84 Å². The van der Waals surface area contributed by atoms with Crippen LogP contribution in [0.5, 0.6) is 0 Å². The average molecular weight is 315 g/mol. The van der Waals surface area contributed by atoms with E-state index in [9.17, 15) is 14.9 Å². The second kappa shape index (κ2) is 6.38. The van der Waals surface area contributed by atoms with Crippen molar-refractivity contribution in [1.82, 2.24) is 4.90 Å². The lowest BCUT2D eigenvalue weighted by Gasteiger charge is -2.26. The maximum absolute atomic E-state index is 11.1. The molecule has 1 aromatic rings. The third kappa shape index (κ3) is 3.49. The molecule has 7 nitrogen and oxygen atoms in total. The Morgan fingerprint density at radius 2 is 2.29 bits per heavy atom. The van der Waals surface area contributed by atoms with Gasteiger partial charge in [-0.3, -0.25) is 19.8 Å². The number of aliphatic carboxylic acids is 1. The average Bonchev–Trinajstić information content (AvgIpc) is 2.90. The fourth-order valence-corrected chi connectivity index (χ4v) is 2.61. The van der Waals surface area contributed by atoms with E-state index in [1.54, 1.807) is 13.1 Å². The van der Waals surface area contributed by atoms with Gasteiger partial charge in [-0.05, 0) is 18.7 Å². The molecule has 0 aliphatic carbocycles. The molecule has 2 rings (SSSR count). The Labute approximate surface area is 126 Å². The lowest BCUT2D eigenvalue weighted by molar-refractivity contribution is -0.384. The van der Waals surface area contributed by atoms with Gasteiger partial charge in [-0.25, -0.2) is 0 Å². The fraction of sp³-hybridized carbons (Fsp3) is 0.462. The summed E-state index contributed by atoms with van der Waals surface area (Å²) in [6, 6.07) is 4.02. The van der Waals surface area contributed by atoms with Gasteiger partial charge in [0.25, 0.3) is 5.69 Å². The summed E-state index contributed by atoms with van der Waals surface area (Å²) in [6.45, 7) is 0.936. The first kappa shape index (κ1) is 15.7. The first-order valence-corrected chi connectivity index (χ1v) is 6.71. The van der Waals surface area contributed by atoms with Crippen LogP contribution in [0, 0.1) is 16.0 Å². The topological polar surface area (TPSA) is 92.9 Å². The number of carboxylic acid groups (broad SMARTS) is 1. The summed E-state index contributed by atoms with van der Waals surface area (Å²) in [6.07, 6.45) is 0. The highest BCUT2D eigenvalue weighted by molar-refractivity contribution is 6.31. The standard InChI is InChI=1S/C13H15ClN2O5/c1-15(12-7-21-6-10(12)13(17)18)5-8-2-3-9(16(19)20)4-11(8)14/h2-4,10,12H,5-7H2,1H3,(H,17,18). The molecule has 0 bridgehead atoms. The third-order valence-corrected chi connectivity index (χ3v) is 3.95. The second-order valence-corrected chi connectivity index (χ2v) is 5.40. The summed E-state index contributed by atoms with van der Waals surface area (Å²) in [5, 5.41) is 20.1. The zero-order valence-corrected chi connectivity index (χ0v) is 12.1.